The van der Waals surface area contributed by atoms with Crippen LogP contribution in [0.25, 0.3) is 0 Å². The van der Waals surface area contributed by atoms with Gasteiger partial charge in [-0.1, -0.05) is 27.7 Å². The molecule has 1 aromatic rings. The summed E-state index contributed by atoms with van der Waals surface area (Å²) in [5.74, 6) is -3.25. The van der Waals surface area contributed by atoms with Crippen molar-refractivity contribution in [3.05, 3.63) is 18.2 Å². The Morgan fingerprint density at radius 1 is 1.03 bits per heavy atom. The number of aromatic amines is 1. The number of guanidine groups is 1. The van der Waals surface area contributed by atoms with E-state index < -0.39 is 47.9 Å². The van der Waals surface area contributed by atoms with Crippen LogP contribution in [-0.4, -0.2) is 75.4 Å². The number of H-pyrrole nitrogens is 1. The minimum Gasteiger partial charge on any atom is -0.480 e. The van der Waals surface area contributed by atoms with Crippen LogP contribution in [0.15, 0.2) is 17.5 Å². The number of rotatable bonds is 16. The van der Waals surface area contributed by atoms with Gasteiger partial charge in [0.1, 0.15) is 18.1 Å². The summed E-state index contributed by atoms with van der Waals surface area (Å²) in [5.41, 5.74) is 17.2. The summed E-state index contributed by atoms with van der Waals surface area (Å²) in [6.07, 6.45) is 3.71. The summed E-state index contributed by atoms with van der Waals surface area (Å²) in [7, 11) is 0. The van der Waals surface area contributed by atoms with Gasteiger partial charge in [0.25, 0.3) is 0 Å². The molecule has 1 heterocycles. The molecule has 1 aromatic heterocycles. The number of nitrogens with one attached hydrogen (secondary N) is 4. The van der Waals surface area contributed by atoms with Crippen molar-refractivity contribution in [2.45, 2.75) is 77.5 Å². The molecular formula is C23H41N9O5. The zero-order valence-corrected chi connectivity index (χ0v) is 21.9. The topological polar surface area (TPSA) is 244 Å². The number of amides is 3. The average molecular weight is 524 g/mol. The van der Waals surface area contributed by atoms with E-state index in [1.165, 1.54) is 12.5 Å². The number of carbonyl (C=O) groups is 4. The van der Waals surface area contributed by atoms with Crippen molar-refractivity contribution >= 4 is 29.7 Å². The summed E-state index contributed by atoms with van der Waals surface area (Å²) in [4.78, 5) is 61.1. The van der Waals surface area contributed by atoms with Gasteiger partial charge in [-0.2, -0.15) is 0 Å². The smallest absolute Gasteiger partial charge is 0.326 e. The normalized spacial score (nSPS) is 14.4. The van der Waals surface area contributed by atoms with Gasteiger partial charge in [0.15, 0.2) is 5.96 Å². The number of hydrogen-bond acceptors (Lipinski definition) is 7. The lowest BCUT2D eigenvalue weighted by atomic mass is 9.99. The van der Waals surface area contributed by atoms with Gasteiger partial charge in [0.05, 0.1) is 12.4 Å². The maximum Gasteiger partial charge on any atom is 0.326 e. The molecule has 0 bridgehead atoms. The number of aliphatic carboxylic acids is 1. The van der Waals surface area contributed by atoms with Gasteiger partial charge in [0, 0.05) is 24.9 Å². The van der Waals surface area contributed by atoms with E-state index in [1.807, 2.05) is 13.8 Å². The first-order valence-electron chi connectivity index (χ1n) is 12.2. The number of hydrogen-bond donors (Lipinski definition) is 8. The third-order valence-electron chi connectivity index (χ3n) is 5.48. The maximum absolute atomic E-state index is 13.2. The number of nitrogens with zero attached hydrogens (tertiary/aromatic N) is 2. The molecule has 4 unspecified atom stereocenters. The van der Waals surface area contributed by atoms with Gasteiger partial charge in [-0.15, -0.1) is 0 Å². The number of imidazole rings is 1. The summed E-state index contributed by atoms with van der Waals surface area (Å²) in [5, 5.41) is 17.4. The van der Waals surface area contributed by atoms with Crippen LogP contribution in [0.2, 0.25) is 0 Å². The van der Waals surface area contributed by atoms with Gasteiger partial charge in [0.2, 0.25) is 17.7 Å². The average Bonchev–Trinajstić information content (AvgIpc) is 3.30. The molecule has 11 N–H and O–H groups in total. The number of carboxylic acids is 1. The lowest BCUT2D eigenvalue weighted by Crippen LogP contribution is -2.58. The fourth-order valence-corrected chi connectivity index (χ4v) is 3.53. The Balaban J connectivity index is 3.00. The number of nitrogens with two attached hydrogens (primary N) is 3. The molecule has 0 aliphatic carbocycles. The summed E-state index contributed by atoms with van der Waals surface area (Å²) in [6.45, 7) is 7.56. The van der Waals surface area contributed by atoms with E-state index in [-0.39, 0.29) is 37.2 Å². The molecule has 4 atom stereocenters. The monoisotopic (exact) mass is 523 g/mol. The van der Waals surface area contributed by atoms with Crippen LogP contribution in [0.4, 0.5) is 0 Å². The molecule has 0 aliphatic heterocycles. The minimum atomic E-state index is -1.26. The predicted molar refractivity (Wildman–Crippen MR) is 138 cm³/mol. The van der Waals surface area contributed by atoms with Crippen LogP contribution < -0.4 is 33.2 Å². The largest absolute Gasteiger partial charge is 0.480 e. The first-order valence-corrected chi connectivity index (χ1v) is 12.2. The molecule has 1 rings (SSSR count). The molecule has 208 valence electrons. The molecule has 0 aliphatic rings. The highest BCUT2D eigenvalue weighted by Gasteiger charge is 2.31. The SMILES string of the molecule is CC(C)CC(N)C(=O)NC(C(=O)NC(CCCN=C(N)N)C(=O)NC(Cc1cnc[nH]1)C(=O)O)C(C)C. The third-order valence-corrected chi connectivity index (χ3v) is 5.48. The van der Waals surface area contributed by atoms with Crippen LogP contribution in [-0.2, 0) is 25.6 Å². The number of carbonyl (C=O) groups excluding carboxylic acids is 3. The second-order valence-corrected chi connectivity index (χ2v) is 9.66. The van der Waals surface area contributed by atoms with E-state index >= 15 is 0 Å². The summed E-state index contributed by atoms with van der Waals surface area (Å²) < 4.78 is 0. The van der Waals surface area contributed by atoms with Crippen molar-refractivity contribution in [2.75, 3.05) is 6.54 Å². The molecule has 14 heteroatoms. The second kappa shape index (κ2) is 15.4. The van der Waals surface area contributed by atoms with Crippen molar-refractivity contribution in [1.82, 2.24) is 25.9 Å². The maximum atomic E-state index is 13.2. The van der Waals surface area contributed by atoms with Gasteiger partial charge < -0.3 is 43.2 Å². The van der Waals surface area contributed by atoms with Crippen LogP contribution in [0.1, 0.15) is 52.7 Å². The van der Waals surface area contributed by atoms with Gasteiger partial charge in [-0.05, 0) is 31.1 Å². The van der Waals surface area contributed by atoms with E-state index in [4.69, 9.17) is 17.2 Å². The highest BCUT2D eigenvalue weighted by molar-refractivity contribution is 5.94. The Bertz CT molecular complexity index is 914. The summed E-state index contributed by atoms with van der Waals surface area (Å²) in [6, 6.07) is -4.11. The van der Waals surface area contributed by atoms with Crippen LogP contribution >= 0.6 is 0 Å². The van der Waals surface area contributed by atoms with Crippen molar-refractivity contribution < 1.29 is 24.3 Å². The highest BCUT2D eigenvalue weighted by Crippen LogP contribution is 2.09. The number of aliphatic imine (C=N–C) groups is 1. The van der Waals surface area contributed by atoms with Gasteiger partial charge in [-0.3, -0.25) is 19.4 Å². The standard InChI is InChI=1S/C23H41N9O5/c1-12(2)8-15(24)19(33)32-18(13(3)4)21(35)30-16(6-5-7-28-23(25)26)20(34)31-17(22(36)37)9-14-10-27-11-29-14/h10-13,15-18H,5-9,24H2,1-4H3,(H,27,29)(H,30,35)(H,31,34)(H,32,33)(H,36,37)(H4,25,26,28). The number of aromatic nitrogens is 2. The highest BCUT2D eigenvalue weighted by atomic mass is 16.4. The van der Waals surface area contributed by atoms with E-state index in [0.717, 1.165) is 0 Å². The first-order chi connectivity index (χ1) is 17.3. The molecule has 0 fully saturated rings. The Labute approximate surface area is 216 Å². The second-order valence-electron chi connectivity index (χ2n) is 9.66. The zero-order chi connectivity index (χ0) is 28.1. The van der Waals surface area contributed by atoms with E-state index in [2.05, 4.69) is 30.9 Å². The predicted octanol–water partition coefficient (Wildman–Crippen LogP) is -1.43. The lowest BCUT2D eigenvalue weighted by Gasteiger charge is -2.27. The molecule has 14 nitrogen and oxygen atoms in total. The van der Waals surface area contributed by atoms with Crippen LogP contribution in [0.5, 0.6) is 0 Å². The molecular weight excluding hydrogens is 482 g/mol. The molecule has 37 heavy (non-hydrogen) atoms. The molecule has 0 spiro atoms. The quantitative estimate of drug-likeness (QED) is 0.0718. The first kappa shape index (κ1) is 31.4. The lowest BCUT2D eigenvalue weighted by molar-refractivity contribution is -0.142. The summed E-state index contributed by atoms with van der Waals surface area (Å²) >= 11 is 0. The number of carboxylic acid groups (broad SMARTS) is 1. The van der Waals surface area contributed by atoms with Gasteiger partial charge >= 0.3 is 5.97 Å². The molecule has 3 amide bonds. The zero-order valence-electron chi connectivity index (χ0n) is 21.9. The minimum absolute atomic E-state index is 0.0336. The van der Waals surface area contributed by atoms with Gasteiger partial charge in [-0.25, -0.2) is 9.78 Å². The Kier molecular flexibility index (Phi) is 13.1. The molecule has 0 aromatic carbocycles. The third kappa shape index (κ3) is 11.7. The van der Waals surface area contributed by atoms with Crippen LogP contribution in [0.3, 0.4) is 0 Å². The Hall–Kier alpha value is -3.68. The van der Waals surface area contributed by atoms with Crippen molar-refractivity contribution in [3.8, 4) is 0 Å². The van der Waals surface area contributed by atoms with Crippen LogP contribution in [0, 0.1) is 11.8 Å². The van der Waals surface area contributed by atoms with E-state index in [0.29, 0.717) is 18.5 Å². The van der Waals surface area contributed by atoms with Crippen molar-refractivity contribution in [1.29, 1.82) is 0 Å². The van der Waals surface area contributed by atoms with E-state index in [9.17, 15) is 24.3 Å². The van der Waals surface area contributed by atoms with Crippen molar-refractivity contribution in [2.24, 2.45) is 34.0 Å². The fourth-order valence-electron chi connectivity index (χ4n) is 3.53. The molecule has 0 radical (unpaired) electrons. The fraction of sp³-hybridized carbons (Fsp3) is 0.652. The Morgan fingerprint density at radius 2 is 1.68 bits per heavy atom. The van der Waals surface area contributed by atoms with E-state index in [1.54, 1.807) is 13.8 Å². The Morgan fingerprint density at radius 3 is 2.19 bits per heavy atom. The molecule has 0 saturated heterocycles. The molecule has 0 saturated carbocycles. The van der Waals surface area contributed by atoms with Crippen molar-refractivity contribution in [3.63, 3.8) is 0 Å².